The van der Waals surface area contributed by atoms with Gasteiger partial charge >= 0.3 is 0 Å². The van der Waals surface area contributed by atoms with Gasteiger partial charge in [-0.3, -0.25) is 29.1 Å². The zero-order valence-corrected chi connectivity index (χ0v) is 29.9. The highest BCUT2D eigenvalue weighted by Crippen LogP contribution is 2.29. The lowest BCUT2D eigenvalue weighted by Crippen LogP contribution is -2.57. The van der Waals surface area contributed by atoms with Crippen molar-refractivity contribution in [2.24, 2.45) is 5.92 Å². The summed E-state index contributed by atoms with van der Waals surface area (Å²) in [6.45, 7) is 10.1. The topological polar surface area (TPSA) is 142 Å². The van der Waals surface area contributed by atoms with Crippen LogP contribution in [0, 0.1) is 5.92 Å². The first-order valence-electron chi connectivity index (χ1n) is 18.0. The number of benzene rings is 2. The molecular formula is C40H51N5O6. The van der Waals surface area contributed by atoms with Gasteiger partial charge in [0, 0.05) is 38.4 Å². The van der Waals surface area contributed by atoms with Crippen molar-refractivity contribution < 1.29 is 28.7 Å². The number of hydrogen-bond donors (Lipinski definition) is 3. The highest BCUT2D eigenvalue weighted by Gasteiger charge is 2.50. The number of aryl methyl sites for hydroxylation is 1. The summed E-state index contributed by atoms with van der Waals surface area (Å²) < 4.78 is 10.9. The van der Waals surface area contributed by atoms with Crippen LogP contribution < -0.4 is 16.0 Å². The molecule has 0 spiro atoms. The summed E-state index contributed by atoms with van der Waals surface area (Å²) in [4.78, 5) is 61.1. The van der Waals surface area contributed by atoms with E-state index in [1.54, 1.807) is 31.5 Å². The lowest BCUT2D eigenvalue weighted by molar-refractivity contribution is -0.134. The SMILES string of the molecule is CC(C)CC(NC(=O)[C@H](Cc1ccncc1)NC(=O)[C@H](CCc1ccccc1)NC(=O)Cc1ccc(CN2CCOCC2)cc1)C(=O)[C@@]1(C)CO1. The van der Waals surface area contributed by atoms with E-state index >= 15 is 0 Å². The molecule has 2 aliphatic heterocycles. The van der Waals surface area contributed by atoms with Gasteiger partial charge in [-0.1, -0.05) is 68.4 Å². The fourth-order valence-corrected chi connectivity index (χ4v) is 6.27. The molecule has 2 saturated heterocycles. The number of Topliss-reactive ketones (excluding diaryl/α,β-unsaturated/α-hetero) is 1. The smallest absolute Gasteiger partial charge is 0.243 e. The Balaban J connectivity index is 1.29. The summed E-state index contributed by atoms with van der Waals surface area (Å²) in [5.74, 6) is -1.29. The van der Waals surface area contributed by atoms with Crippen molar-refractivity contribution >= 4 is 23.5 Å². The third-order valence-electron chi connectivity index (χ3n) is 9.37. The second-order valence-corrected chi connectivity index (χ2v) is 14.2. The second kappa shape index (κ2) is 18.2. The molecule has 0 aliphatic carbocycles. The molecule has 1 aromatic heterocycles. The lowest BCUT2D eigenvalue weighted by atomic mass is 9.93. The maximum atomic E-state index is 14.0. The number of carbonyl (C=O) groups is 4. The number of rotatable bonds is 18. The number of pyridine rings is 1. The zero-order chi connectivity index (χ0) is 36.2. The molecule has 0 radical (unpaired) electrons. The number of nitrogens with one attached hydrogen (secondary N) is 3. The van der Waals surface area contributed by atoms with E-state index < -0.39 is 35.5 Å². The van der Waals surface area contributed by atoms with E-state index in [0.717, 1.165) is 55.1 Å². The van der Waals surface area contributed by atoms with Gasteiger partial charge in [-0.15, -0.1) is 0 Å². The normalized spacial score (nSPS) is 19.1. The van der Waals surface area contributed by atoms with Crippen LogP contribution in [0.1, 0.15) is 55.9 Å². The maximum Gasteiger partial charge on any atom is 0.243 e. The van der Waals surface area contributed by atoms with Crippen LogP contribution in [0.15, 0.2) is 79.1 Å². The molecule has 3 aromatic rings. The summed E-state index contributed by atoms with van der Waals surface area (Å²) in [5, 5.41) is 8.80. The Morgan fingerprint density at radius 3 is 2.06 bits per heavy atom. The Labute approximate surface area is 300 Å². The lowest BCUT2D eigenvalue weighted by Gasteiger charge is -2.27. The standard InChI is InChI=1S/C40H51N5O6/c1-28(2)23-34(37(47)40(3)27-51-40)43-39(49)35(24-31-15-17-41-18-16-31)44-38(48)33(14-13-29-7-5-4-6-8-29)42-36(46)25-30-9-11-32(12-10-30)26-45-19-21-50-22-20-45/h4-12,15-18,28,33-35H,13-14,19-27H2,1-3H3,(H,42,46)(H,43,49)(H,44,48)/t33-,34?,35-,40+/m0/s1. The van der Waals surface area contributed by atoms with Gasteiger partial charge in [0.05, 0.1) is 32.3 Å². The molecule has 3 N–H and O–H groups in total. The summed E-state index contributed by atoms with van der Waals surface area (Å²) in [7, 11) is 0. The molecule has 3 amide bonds. The monoisotopic (exact) mass is 697 g/mol. The number of nitrogens with zero attached hydrogens (tertiary/aromatic N) is 2. The number of amides is 3. The van der Waals surface area contributed by atoms with Gasteiger partial charge in [-0.05, 0) is 66.5 Å². The van der Waals surface area contributed by atoms with Gasteiger partial charge in [-0.25, -0.2) is 0 Å². The van der Waals surface area contributed by atoms with Crippen molar-refractivity contribution in [3.05, 3.63) is 101 Å². The Hall–Kier alpha value is -4.45. The Morgan fingerprint density at radius 1 is 0.784 bits per heavy atom. The summed E-state index contributed by atoms with van der Waals surface area (Å²) >= 11 is 0. The molecule has 2 aliphatic rings. The van der Waals surface area contributed by atoms with Crippen LogP contribution >= 0.6 is 0 Å². The largest absolute Gasteiger partial charge is 0.379 e. The van der Waals surface area contributed by atoms with Gasteiger partial charge in [0.25, 0.3) is 0 Å². The minimum atomic E-state index is -1.01. The first kappa shape index (κ1) is 37.8. The predicted molar refractivity (Wildman–Crippen MR) is 194 cm³/mol. The molecule has 11 nitrogen and oxygen atoms in total. The fraction of sp³-hybridized carbons (Fsp3) is 0.475. The van der Waals surface area contributed by atoms with Gasteiger partial charge < -0.3 is 25.4 Å². The molecule has 5 rings (SSSR count). The molecule has 2 fully saturated rings. The van der Waals surface area contributed by atoms with Crippen LogP contribution in [-0.4, -0.2) is 90.0 Å². The van der Waals surface area contributed by atoms with E-state index in [1.165, 1.54) is 0 Å². The van der Waals surface area contributed by atoms with Crippen molar-refractivity contribution in [1.82, 2.24) is 25.8 Å². The first-order valence-corrected chi connectivity index (χ1v) is 18.0. The predicted octanol–water partition coefficient (Wildman–Crippen LogP) is 3.19. The third-order valence-corrected chi connectivity index (χ3v) is 9.37. The molecule has 0 saturated carbocycles. The van der Waals surface area contributed by atoms with Gasteiger partial charge in [-0.2, -0.15) is 0 Å². The van der Waals surface area contributed by atoms with Crippen molar-refractivity contribution in [2.75, 3.05) is 32.9 Å². The van der Waals surface area contributed by atoms with Crippen LogP contribution in [-0.2, 0) is 54.5 Å². The Bertz CT molecular complexity index is 1590. The van der Waals surface area contributed by atoms with E-state index in [1.807, 2.05) is 68.4 Å². The van der Waals surface area contributed by atoms with E-state index in [0.29, 0.717) is 25.9 Å². The van der Waals surface area contributed by atoms with Crippen LogP contribution in [0.5, 0.6) is 0 Å². The number of ether oxygens (including phenoxy) is 2. The molecule has 0 bridgehead atoms. The number of hydrogen-bond acceptors (Lipinski definition) is 8. The summed E-state index contributed by atoms with van der Waals surface area (Å²) in [6.07, 6.45) is 4.83. The van der Waals surface area contributed by atoms with Crippen molar-refractivity contribution in [2.45, 2.75) is 83.1 Å². The quantitative estimate of drug-likeness (QED) is 0.172. The van der Waals surface area contributed by atoms with E-state index in [-0.39, 0.29) is 30.4 Å². The van der Waals surface area contributed by atoms with Crippen molar-refractivity contribution in [3.63, 3.8) is 0 Å². The molecule has 3 heterocycles. The van der Waals surface area contributed by atoms with E-state index in [4.69, 9.17) is 9.47 Å². The molecule has 51 heavy (non-hydrogen) atoms. The Morgan fingerprint density at radius 2 is 1.41 bits per heavy atom. The Kier molecular flexibility index (Phi) is 13.5. The van der Waals surface area contributed by atoms with E-state index in [2.05, 4.69) is 25.8 Å². The van der Waals surface area contributed by atoms with Gasteiger partial charge in [0.1, 0.15) is 17.7 Å². The third kappa shape index (κ3) is 11.8. The molecule has 272 valence electrons. The average molecular weight is 698 g/mol. The van der Waals surface area contributed by atoms with Gasteiger partial charge in [0.2, 0.25) is 17.7 Å². The minimum absolute atomic E-state index is 0.105. The average Bonchev–Trinajstić information content (AvgIpc) is 3.89. The second-order valence-electron chi connectivity index (χ2n) is 14.2. The highest BCUT2D eigenvalue weighted by atomic mass is 16.6. The molecule has 4 atom stereocenters. The van der Waals surface area contributed by atoms with Crippen LogP contribution in [0.25, 0.3) is 0 Å². The van der Waals surface area contributed by atoms with Crippen molar-refractivity contribution in [3.8, 4) is 0 Å². The number of carbonyl (C=O) groups excluding carboxylic acids is 4. The minimum Gasteiger partial charge on any atom is -0.379 e. The number of ketones is 1. The fourth-order valence-electron chi connectivity index (χ4n) is 6.27. The maximum absolute atomic E-state index is 14.0. The number of aromatic nitrogens is 1. The highest BCUT2D eigenvalue weighted by molar-refractivity contribution is 5.98. The van der Waals surface area contributed by atoms with Crippen molar-refractivity contribution in [1.29, 1.82) is 0 Å². The summed E-state index contributed by atoms with van der Waals surface area (Å²) in [5.41, 5.74) is 2.90. The molecule has 1 unspecified atom stereocenters. The van der Waals surface area contributed by atoms with E-state index in [9.17, 15) is 19.2 Å². The molecular weight excluding hydrogens is 646 g/mol. The molecule has 11 heteroatoms. The first-order chi connectivity index (χ1) is 24.6. The van der Waals surface area contributed by atoms with Crippen LogP contribution in [0.4, 0.5) is 0 Å². The van der Waals surface area contributed by atoms with Gasteiger partial charge in [0.15, 0.2) is 5.78 Å². The molecule has 2 aromatic carbocycles. The number of morpholine rings is 1. The van der Waals surface area contributed by atoms with Crippen LogP contribution in [0.3, 0.4) is 0 Å². The zero-order valence-electron chi connectivity index (χ0n) is 29.9. The van der Waals surface area contributed by atoms with Crippen LogP contribution in [0.2, 0.25) is 0 Å². The summed E-state index contributed by atoms with van der Waals surface area (Å²) in [6, 6.07) is 18.6. The number of epoxide rings is 1.